The van der Waals surface area contributed by atoms with Gasteiger partial charge in [0.25, 0.3) is 0 Å². The first-order valence-corrected chi connectivity index (χ1v) is 20.4. The lowest BCUT2D eigenvalue weighted by atomic mass is 9.67. The standard InChI is InChI=1S/C51H35N3OS/c1-4-19-37-30(14-1)35-28-36-31-15-2-9-24-43(31)54(44(36)29-40(35)51(37)38-20-5-11-26-46(38)56-47-27-12-6-21-39(47)51)50-48(52-41-22-7-8-23-42(41)53-50)34-18-13-17-33-32-16-3-10-25-45(32)55-49(33)34/h1-29,41-42,48,50,52-53H. The monoisotopic (exact) mass is 737 g/mol. The van der Waals surface area contributed by atoms with Gasteiger partial charge in [0.05, 0.1) is 22.5 Å². The first kappa shape index (κ1) is 31.1. The minimum Gasteiger partial charge on any atom is -0.456 e. The van der Waals surface area contributed by atoms with E-state index in [9.17, 15) is 0 Å². The average molecular weight is 738 g/mol. The minimum absolute atomic E-state index is 0.109. The molecule has 1 fully saturated rings. The smallest absolute Gasteiger partial charge is 0.140 e. The van der Waals surface area contributed by atoms with Gasteiger partial charge in [0, 0.05) is 49.0 Å². The van der Waals surface area contributed by atoms with E-state index >= 15 is 0 Å². The molecule has 266 valence electrons. The molecule has 0 amide bonds. The molecule has 2 aromatic heterocycles. The van der Waals surface area contributed by atoms with E-state index in [1.807, 2.05) is 11.8 Å². The highest BCUT2D eigenvalue weighted by Gasteiger charge is 2.50. The normalized spacial score (nSPS) is 21.4. The molecule has 4 nitrogen and oxygen atoms in total. The van der Waals surface area contributed by atoms with Crippen molar-refractivity contribution in [2.24, 2.45) is 0 Å². The number of allylic oxidation sites excluding steroid dienone is 2. The topological polar surface area (TPSA) is 42.1 Å². The molecular weight excluding hydrogens is 703 g/mol. The molecule has 2 aliphatic carbocycles. The maximum Gasteiger partial charge on any atom is 0.140 e. The van der Waals surface area contributed by atoms with Crippen LogP contribution in [0.4, 0.5) is 0 Å². The van der Waals surface area contributed by atoms with Crippen LogP contribution in [0.25, 0.3) is 54.9 Å². The number of fused-ring (bicyclic) bond motifs is 16. The quantitative estimate of drug-likeness (QED) is 0.185. The van der Waals surface area contributed by atoms with E-state index in [4.69, 9.17) is 4.42 Å². The largest absolute Gasteiger partial charge is 0.456 e. The lowest BCUT2D eigenvalue weighted by Gasteiger charge is -2.44. The Hall–Kier alpha value is -6.11. The molecule has 4 unspecified atom stereocenters. The van der Waals surface area contributed by atoms with E-state index in [-0.39, 0.29) is 24.3 Å². The molecular formula is C51H35N3OS. The van der Waals surface area contributed by atoms with Crippen molar-refractivity contribution in [3.63, 3.8) is 0 Å². The number of benzene rings is 7. The van der Waals surface area contributed by atoms with Crippen LogP contribution in [0, 0.1) is 0 Å². The van der Waals surface area contributed by atoms with Crippen LogP contribution in [0.2, 0.25) is 0 Å². The molecule has 1 saturated heterocycles. The Bertz CT molecular complexity index is 3140. The number of hydrogen-bond donors (Lipinski definition) is 2. The molecule has 0 bridgehead atoms. The van der Waals surface area contributed by atoms with E-state index in [2.05, 4.69) is 191 Å². The lowest BCUT2D eigenvalue weighted by Crippen LogP contribution is -2.58. The van der Waals surface area contributed by atoms with E-state index in [0.717, 1.165) is 27.5 Å². The summed E-state index contributed by atoms with van der Waals surface area (Å²) in [4.78, 5) is 2.63. The van der Waals surface area contributed by atoms with Crippen LogP contribution in [0.15, 0.2) is 190 Å². The van der Waals surface area contributed by atoms with Crippen LogP contribution in [0.5, 0.6) is 0 Å². The van der Waals surface area contributed by atoms with Gasteiger partial charge in [-0.1, -0.05) is 151 Å². The van der Waals surface area contributed by atoms with Gasteiger partial charge in [-0.2, -0.15) is 0 Å². The van der Waals surface area contributed by atoms with Crippen molar-refractivity contribution in [2.75, 3.05) is 0 Å². The van der Waals surface area contributed by atoms with Crippen molar-refractivity contribution in [1.82, 2.24) is 15.2 Å². The Morgan fingerprint density at radius 3 is 2.00 bits per heavy atom. The molecule has 4 atom stereocenters. The van der Waals surface area contributed by atoms with E-state index < -0.39 is 5.41 Å². The zero-order valence-electron chi connectivity index (χ0n) is 30.3. The molecule has 2 N–H and O–H groups in total. The predicted molar refractivity (Wildman–Crippen MR) is 228 cm³/mol. The fourth-order valence-corrected chi connectivity index (χ4v) is 11.8. The fraction of sp³-hybridized carbons (Fsp3) is 0.0980. The molecule has 4 heterocycles. The average Bonchev–Trinajstić information content (AvgIpc) is 3.89. The number of furan rings is 1. The molecule has 1 spiro atoms. The summed E-state index contributed by atoms with van der Waals surface area (Å²) in [5, 5.41) is 13.1. The van der Waals surface area contributed by atoms with E-state index in [1.165, 1.54) is 65.0 Å². The fourth-order valence-electron chi connectivity index (χ4n) is 10.7. The van der Waals surface area contributed by atoms with Gasteiger partial charge in [-0.3, -0.25) is 10.6 Å². The van der Waals surface area contributed by atoms with Crippen molar-refractivity contribution in [1.29, 1.82) is 0 Å². The van der Waals surface area contributed by atoms with Gasteiger partial charge in [0.2, 0.25) is 0 Å². The third-order valence-electron chi connectivity index (χ3n) is 12.9. The zero-order valence-corrected chi connectivity index (χ0v) is 31.1. The second-order valence-corrected chi connectivity index (χ2v) is 16.7. The summed E-state index contributed by atoms with van der Waals surface area (Å²) < 4.78 is 9.34. The number of piperazine rings is 1. The summed E-state index contributed by atoms with van der Waals surface area (Å²) in [6.45, 7) is 0. The summed E-state index contributed by atoms with van der Waals surface area (Å²) in [6, 6.07) is 56.5. The molecule has 56 heavy (non-hydrogen) atoms. The second kappa shape index (κ2) is 11.5. The molecule has 5 heteroatoms. The Labute approximate surface area is 328 Å². The third kappa shape index (κ3) is 4.02. The summed E-state index contributed by atoms with van der Waals surface area (Å²) in [5.74, 6) is 0. The van der Waals surface area contributed by atoms with Gasteiger partial charge >= 0.3 is 0 Å². The maximum absolute atomic E-state index is 6.74. The Morgan fingerprint density at radius 1 is 0.518 bits per heavy atom. The minimum atomic E-state index is -0.459. The van der Waals surface area contributed by atoms with Crippen molar-refractivity contribution >= 4 is 55.5 Å². The number of nitrogens with zero attached hydrogens (tertiary/aromatic N) is 1. The number of aromatic nitrogens is 1. The molecule has 13 rings (SSSR count). The van der Waals surface area contributed by atoms with Gasteiger partial charge in [-0.05, 0) is 69.8 Å². The van der Waals surface area contributed by atoms with Gasteiger partial charge < -0.3 is 8.98 Å². The Balaban J connectivity index is 1.12. The van der Waals surface area contributed by atoms with Crippen LogP contribution >= 0.6 is 11.8 Å². The number of nitrogens with one attached hydrogen (secondary N) is 2. The van der Waals surface area contributed by atoms with E-state index in [1.54, 1.807) is 0 Å². The van der Waals surface area contributed by atoms with Crippen LogP contribution in [-0.2, 0) is 5.41 Å². The van der Waals surface area contributed by atoms with Crippen LogP contribution in [0.1, 0.15) is 40.0 Å². The van der Waals surface area contributed by atoms with Crippen LogP contribution in [-0.4, -0.2) is 16.7 Å². The van der Waals surface area contributed by atoms with Crippen molar-refractivity contribution in [3.05, 3.63) is 204 Å². The summed E-state index contributed by atoms with van der Waals surface area (Å²) in [7, 11) is 0. The molecule has 7 aromatic carbocycles. The highest BCUT2D eigenvalue weighted by molar-refractivity contribution is 7.99. The second-order valence-electron chi connectivity index (χ2n) is 15.6. The first-order valence-electron chi connectivity index (χ1n) is 19.6. The lowest BCUT2D eigenvalue weighted by molar-refractivity contribution is 0.210. The summed E-state index contributed by atoms with van der Waals surface area (Å²) >= 11 is 1.89. The Morgan fingerprint density at radius 2 is 1.18 bits per heavy atom. The SMILES string of the molecule is C1=CC2NC(c3cccc4c3oc3ccccc34)C(n3c4ccccc4c4cc5c(cc43)C3(c4ccccc4Sc4ccccc43)c3ccccc3-5)NC2C=C1. The molecule has 0 radical (unpaired) electrons. The number of hydrogen-bond acceptors (Lipinski definition) is 4. The van der Waals surface area contributed by atoms with Gasteiger partial charge in [-0.25, -0.2) is 0 Å². The van der Waals surface area contributed by atoms with Gasteiger partial charge in [0.1, 0.15) is 17.3 Å². The van der Waals surface area contributed by atoms with E-state index in [0.29, 0.717) is 0 Å². The van der Waals surface area contributed by atoms with Crippen molar-refractivity contribution in [2.45, 2.75) is 39.5 Å². The first-order chi connectivity index (χ1) is 27.8. The molecule has 4 aliphatic rings. The summed E-state index contributed by atoms with van der Waals surface area (Å²) in [6.07, 6.45) is 8.77. The molecule has 9 aromatic rings. The Kier molecular flexibility index (Phi) is 6.37. The third-order valence-corrected chi connectivity index (χ3v) is 14.1. The molecule has 0 saturated carbocycles. The number of para-hydroxylation sites is 3. The van der Waals surface area contributed by atoms with Crippen molar-refractivity contribution < 1.29 is 4.42 Å². The summed E-state index contributed by atoms with van der Waals surface area (Å²) in [5.41, 5.74) is 13.0. The predicted octanol–water partition coefficient (Wildman–Crippen LogP) is 11.8. The van der Waals surface area contributed by atoms with Crippen LogP contribution < -0.4 is 10.6 Å². The number of rotatable bonds is 2. The highest BCUT2D eigenvalue weighted by atomic mass is 32.2. The van der Waals surface area contributed by atoms with Gasteiger partial charge in [0.15, 0.2) is 0 Å². The molecule has 2 aliphatic heterocycles. The van der Waals surface area contributed by atoms with Crippen molar-refractivity contribution in [3.8, 4) is 11.1 Å². The van der Waals surface area contributed by atoms with Gasteiger partial charge in [-0.15, -0.1) is 0 Å². The zero-order chi connectivity index (χ0) is 36.5. The highest BCUT2D eigenvalue weighted by Crippen LogP contribution is 2.63. The van der Waals surface area contributed by atoms with Crippen LogP contribution in [0.3, 0.4) is 0 Å². The maximum atomic E-state index is 6.74.